The van der Waals surface area contributed by atoms with Crippen LogP contribution < -0.4 is 5.73 Å². The molecule has 32 heavy (non-hydrogen) atoms. The van der Waals surface area contributed by atoms with Gasteiger partial charge in [-0.15, -0.1) is 0 Å². The van der Waals surface area contributed by atoms with Crippen LogP contribution in [0.5, 0.6) is 0 Å². The van der Waals surface area contributed by atoms with Crippen LogP contribution in [0.1, 0.15) is 89.5 Å². The van der Waals surface area contributed by atoms with Gasteiger partial charge < -0.3 is 15.2 Å². The molecular formula is C25H40F3NO3. The van der Waals surface area contributed by atoms with Crippen molar-refractivity contribution in [1.82, 2.24) is 0 Å². The average Bonchev–Trinajstić information content (AvgIpc) is 2.76. The van der Waals surface area contributed by atoms with Crippen molar-refractivity contribution in [2.75, 3.05) is 13.7 Å². The highest BCUT2D eigenvalue weighted by atomic mass is 19.4. The lowest BCUT2D eigenvalue weighted by Crippen LogP contribution is -2.52. The van der Waals surface area contributed by atoms with Crippen LogP contribution in [0.25, 0.3) is 0 Å². The second-order valence-corrected chi connectivity index (χ2v) is 8.43. The first-order valence-electron chi connectivity index (χ1n) is 11.9. The molecule has 1 unspecified atom stereocenters. The molecular weight excluding hydrogens is 419 g/mol. The number of hydrogen-bond donors (Lipinski definition) is 1. The third-order valence-corrected chi connectivity index (χ3v) is 5.78. The molecule has 0 spiro atoms. The molecule has 0 bridgehead atoms. The highest BCUT2D eigenvalue weighted by Crippen LogP contribution is 2.42. The lowest BCUT2D eigenvalue weighted by Gasteiger charge is -2.32. The Morgan fingerprint density at radius 2 is 1.41 bits per heavy atom. The number of hydrogen-bond acceptors (Lipinski definition) is 4. The van der Waals surface area contributed by atoms with Crippen LogP contribution in [-0.4, -0.2) is 31.9 Å². The smallest absolute Gasteiger partial charge is 0.432 e. The van der Waals surface area contributed by atoms with Gasteiger partial charge in [0.1, 0.15) is 6.61 Å². The molecule has 4 nitrogen and oxygen atoms in total. The summed E-state index contributed by atoms with van der Waals surface area (Å²) in [6.45, 7) is 1.95. The van der Waals surface area contributed by atoms with Crippen molar-refractivity contribution in [2.45, 2.75) is 102 Å². The average molecular weight is 460 g/mol. The van der Waals surface area contributed by atoms with E-state index in [2.05, 4.69) is 6.92 Å². The fourth-order valence-corrected chi connectivity index (χ4v) is 3.83. The van der Waals surface area contributed by atoms with Crippen LogP contribution in [0.3, 0.4) is 0 Å². The van der Waals surface area contributed by atoms with Gasteiger partial charge in [0, 0.05) is 18.7 Å². The van der Waals surface area contributed by atoms with Crippen LogP contribution >= 0.6 is 0 Å². The summed E-state index contributed by atoms with van der Waals surface area (Å²) in [5, 5.41) is 0. The van der Waals surface area contributed by atoms with Gasteiger partial charge >= 0.3 is 12.1 Å². The number of ether oxygens (including phenoxy) is 2. The molecule has 7 heteroatoms. The van der Waals surface area contributed by atoms with E-state index in [0.717, 1.165) is 26.4 Å². The third-order valence-electron chi connectivity index (χ3n) is 5.78. The van der Waals surface area contributed by atoms with E-state index in [4.69, 9.17) is 15.2 Å². The molecule has 1 aromatic carbocycles. The third kappa shape index (κ3) is 9.10. The molecule has 0 amide bonds. The number of methoxy groups -OCH3 is 1. The molecule has 2 atom stereocenters. The van der Waals surface area contributed by atoms with Crippen molar-refractivity contribution < 1.29 is 27.4 Å². The Kier molecular flexibility index (Phi) is 13.6. The van der Waals surface area contributed by atoms with E-state index in [1.165, 1.54) is 75.6 Å². The van der Waals surface area contributed by atoms with Gasteiger partial charge in [-0.25, -0.2) is 4.79 Å². The van der Waals surface area contributed by atoms with Crippen molar-refractivity contribution in [1.29, 1.82) is 0 Å². The largest absolute Gasteiger partial charge is 0.461 e. The first-order valence-corrected chi connectivity index (χ1v) is 11.9. The zero-order chi connectivity index (χ0) is 23.9. The summed E-state index contributed by atoms with van der Waals surface area (Å²) in [4.78, 5) is 12.5. The minimum absolute atomic E-state index is 0.273. The standard InChI is InChI=1S/C25H40F3NO3/c1-3-4-5-6-7-8-9-10-11-12-16-19-22(29)20-32-23(30)24(31-2,25(26,27)28)21-17-14-13-15-18-21/h13-15,17-18,22H,3-12,16,19-20,29H2,1-2H3/t22-,24?/m1/s1. The molecule has 1 rings (SSSR count). The number of rotatable bonds is 17. The number of halogens is 3. The van der Waals surface area contributed by atoms with Crippen molar-refractivity contribution in [3.8, 4) is 0 Å². The lowest BCUT2D eigenvalue weighted by molar-refractivity contribution is -0.276. The molecule has 0 aliphatic heterocycles. The highest BCUT2D eigenvalue weighted by molar-refractivity contribution is 5.82. The van der Waals surface area contributed by atoms with Crippen LogP contribution in [0, 0.1) is 0 Å². The summed E-state index contributed by atoms with van der Waals surface area (Å²) in [5.74, 6) is -1.49. The molecule has 0 aliphatic rings. The zero-order valence-corrected chi connectivity index (χ0v) is 19.6. The second kappa shape index (κ2) is 15.3. The predicted octanol–water partition coefficient (Wildman–Crippen LogP) is 6.66. The van der Waals surface area contributed by atoms with E-state index in [1.807, 2.05) is 0 Å². The molecule has 184 valence electrons. The predicted molar refractivity (Wildman–Crippen MR) is 121 cm³/mol. The summed E-state index contributed by atoms with van der Waals surface area (Å²) in [7, 11) is 0.854. The van der Waals surface area contributed by atoms with Gasteiger partial charge in [-0.3, -0.25) is 0 Å². The molecule has 2 N–H and O–H groups in total. The Balaban J connectivity index is 2.34. The fourth-order valence-electron chi connectivity index (χ4n) is 3.83. The summed E-state index contributed by atoms with van der Waals surface area (Å²) < 4.78 is 51.2. The topological polar surface area (TPSA) is 61.5 Å². The van der Waals surface area contributed by atoms with Gasteiger partial charge in [0.25, 0.3) is 5.60 Å². The Hall–Kier alpha value is -1.60. The number of unbranched alkanes of at least 4 members (excludes halogenated alkanes) is 10. The van der Waals surface area contributed by atoms with Crippen molar-refractivity contribution in [3.63, 3.8) is 0 Å². The maximum atomic E-state index is 13.8. The first-order chi connectivity index (χ1) is 15.3. The van der Waals surface area contributed by atoms with Gasteiger partial charge in [0.2, 0.25) is 0 Å². The van der Waals surface area contributed by atoms with E-state index < -0.39 is 23.8 Å². The molecule has 0 radical (unpaired) electrons. The number of alkyl halides is 3. The molecule has 0 fully saturated rings. The van der Waals surface area contributed by atoms with Crippen LogP contribution in [0.2, 0.25) is 0 Å². The van der Waals surface area contributed by atoms with Gasteiger partial charge in [-0.1, -0.05) is 108 Å². The second-order valence-electron chi connectivity index (χ2n) is 8.43. The Morgan fingerprint density at radius 3 is 1.88 bits per heavy atom. The lowest BCUT2D eigenvalue weighted by atomic mass is 9.92. The Bertz CT molecular complexity index is 625. The summed E-state index contributed by atoms with van der Waals surface area (Å²) in [6, 6.07) is 6.29. The van der Waals surface area contributed by atoms with Crippen LogP contribution in [0.15, 0.2) is 30.3 Å². The van der Waals surface area contributed by atoms with Crippen molar-refractivity contribution >= 4 is 5.97 Å². The maximum absolute atomic E-state index is 13.8. The minimum atomic E-state index is -4.97. The van der Waals surface area contributed by atoms with Crippen LogP contribution in [-0.2, 0) is 19.9 Å². The van der Waals surface area contributed by atoms with Crippen LogP contribution in [0.4, 0.5) is 13.2 Å². The number of nitrogens with two attached hydrogens (primary N) is 1. The van der Waals surface area contributed by atoms with Gasteiger partial charge in [0.05, 0.1) is 0 Å². The molecule has 0 aromatic heterocycles. The summed E-state index contributed by atoms with van der Waals surface area (Å²) in [5.41, 5.74) is 2.49. The van der Waals surface area contributed by atoms with Crippen molar-refractivity contribution in [3.05, 3.63) is 35.9 Å². The summed E-state index contributed by atoms with van der Waals surface area (Å²) >= 11 is 0. The zero-order valence-electron chi connectivity index (χ0n) is 19.6. The normalized spacial score (nSPS) is 14.7. The highest BCUT2D eigenvalue weighted by Gasteiger charge is 2.64. The quantitative estimate of drug-likeness (QED) is 0.209. The fraction of sp³-hybridized carbons (Fsp3) is 0.720. The van der Waals surface area contributed by atoms with Crippen molar-refractivity contribution in [2.24, 2.45) is 5.73 Å². The van der Waals surface area contributed by atoms with E-state index in [-0.39, 0.29) is 12.2 Å². The molecule has 0 aliphatic carbocycles. The molecule has 0 saturated carbocycles. The van der Waals surface area contributed by atoms with Gasteiger partial charge in [-0.05, 0) is 6.42 Å². The number of carbonyl (C=O) groups is 1. The molecule has 0 saturated heterocycles. The Morgan fingerprint density at radius 1 is 0.906 bits per heavy atom. The molecule has 0 heterocycles. The summed E-state index contributed by atoms with van der Waals surface area (Å²) in [6.07, 6.45) is 8.90. The SMILES string of the molecule is CCCCCCCCCCCCC[C@@H](N)COC(=O)C(OC)(c1ccccc1)C(F)(F)F. The van der Waals surface area contributed by atoms with E-state index in [0.29, 0.717) is 6.42 Å². The van der Waals surface area contributed by atoms with E-state index in [9.17, 15) is 18.0 Å². The van der Waals surface area contributed by atoms with Gasteiger partial charge in [0.15, 0.2) is 0 Å². The van der Waals surface area contributed by atoms with E-state index >= 15 is 0 Å². The number of esters is 1. The molecule has 1 aromatic rings. The monoisotopic (exact) mass is 459 g/mol. The van der Waals surface area contributed by atoms with Gasteiger partial charge in [-0.2, -0.15) is 13.2 Å². The minimum Gasteiger partial charge on any atom is -0.461 e. The number of carbonyl (C=O) groups excluding carboxylic acids is 1. The Labute approximate surface area is 191 Å². The first kappa shape index (κ1) is 28.4. The maximum Gasteiger partial charge on any atom is 0.432 e. The van der Waals surface area contributed by atoms with E-state index in [1.54, 1.807) is 6.07 Å². The number of benzene rings is 1.